The van der Waals surface area contributed by atoms with E-state index in [9.17, 15) is 0 Å². The van der Waals surface area contributed by atoms with Gasteiger partial charge in [-0.05, 0) is 35.2 Å². The first kappa shape index (κ1) is 9.21. The van der Waals surface area contributed by atoms with Crippen LogP contribution in [-0.4, -0.2) is 16.3 Å². The van der Waals surface area contributed by atoms with Gasteiger partial charge < -0.3 is 5.73 Å². The number of hydrogen-bond acceptors (Lipinski definition) is 2. The van der Waals surface area contributed by atoms with Crippen LogP contribution in [0.4, 0.5) is 0 Å². The second kappa shape index (κ2) is 3.42. The number of aryl methyl sites for hydroxylation is 1. The first-order valence-electron chi connectivity index (χ1n) is 4.65. The minimum atomic E-state index is 0.507. The SMILES string of the molecule is Cn1nc(Br)c2c1C(CN)CCC2. The van der Waals surface area contributed by atoms with E-state index in [4.69, 9.17) is 5.73 Å². The van der Waals surface area contributed by atoms with Crippen LogP contribution in [0.25, 0.3) is 0 Å². The summed E-state index contributed by atoms with van der Waals surface area (Å²) in [7, 11) is 2.00. The van der Waals surface area contributed by atoms with E-state index in [-0.39, 0.29) is 0 Å². The van der Waals surface area contributed by atoms with Crippen molar-refractivity contribution < 1.29 is 0 Å². The first-order valence-corrected chi connectivity index (χ1v) is 5.44. The number of hydrogen-bond donors (Lipinski definition) is 1. The molecule has 72 valence electrons. The summed E-state index contributed by atoms with van der Waals surface area (Å²) in [5.41, 5.74) is 8.44. The van der Waals surface area contributed by atoms with Crippen LogP contribution >= 0.6 is 15.9 Å². The van der Waals surface area contributed by atoms with E-state index in [1.807, 2.05) is 11.7 Å². The highest BCUT2D eigenvalue weighted by Gasteiger charge is 2.25. The fraction of sp³-hybridized carbons (Fsp3) is 0.667. The summed E-state index contributed by atoms with van der Waals surface area (Å²) < 4.78 is 2.97. The zero-order valence-electron chi connectivity index (χ0n) is 7.76. The molecule has 0 aliphatic heterocycles. The average Bonchev–Trinajstić information content (AvgIpc) is 2.43. The van der Waals surface area contributed by atoms with Gasteiger partial charge in [0, 0.05) is 30.8 Å². The van der Waals surface area contributed by atoms with Gasteiger partial charge in [0.25, 0.3) is 0 Å². The van der Waals surface area contributed by atoms with Crippen LogP contribution in [0.3, 0.4) is 0 Å². The lowest BCUT2D eigenvalue weighted by Crippen LogP contribution is -2.20. The fourth-order valence-electron chi connectivity index (χ4n) is 2.18. The number of rotatable bonds is 1. The molecule has 4 heteroatoms. The van der Waals surface area contributed by atoms with Crippen molar-refractivity contribution in [3.63, 3.8) is 0 Å². The van der Waals surface area contributed by atoms with Gasteiger partial charge in [0.1, 0.15) is 4.60 Å². The summed E-state index contributed by atoms with van der Waals surface area (Å²) in [6.07, 6.45) is 3.58. The Labute approximate surface area is 86.4 Å². The van der Waals surface area contributed by atoms with Gasteiger partial charge in [-0.25, -0.2) is 0 Å². The summed E-state index contributed by atoms with van der Waals surface area (Å²) >= 11 is 3.49. The molecule has 13 heavy (non-hydrogen) atoms. The molecule has 0 spiro atoms. The van der Waals surface area contributed by atoms with Crippen molar-refractivity contribution in [2.45, 2.75) is 25.2 Å². The Morgan fingerprint density at radius 2 is 2.46 bits per heavy atom. The molecule has 0 amide bonds. The maximum absolute atomic E-state index is 5.74. The Hall–Kier alpha value is -0.350. The minimum Gasteiger partial charge on any atom is -0.330 e. The second-order valence-electron chi connectivity index (χ2n) is 3.60. The van der Waals surface area contributed by atoms with E-state index in [1.165, 1.54) is 24.1 Å². The van der Waals surface area contributed by atoms with Crippen molar-refractivity contribution in [1.82, 2.24) is 9.78 Å². The standard InChI is InChI=1S/C9H14BrN3/c1-13-8-6(5-11)3-2-4-7(8)9(10)12-13/h6H,2-5,11H2,1H3. The van der Waals surface area contributed by atoms with E-state index in [0.717, 1.165) is 17.6 Å². The van der Waals surface area contributed by atoms with Crippen LogP contribution < -0.4 is 5.73 Å². The molecule has 2 rings (SSSR count). The van der Waals surface area contributed by atoms with Crippen LogP contribution in [-0.2, 0) is 13.5 Å². The summed E-state index contributed by atoms with van der Waals surface area (Å²) in [5.74, 6) is 0.507. The van der Waals surface area contributed by atoms with E-state index >= 15 is 0 Å². The summed E-state index contributed by atoms with van der Waals surface area (Å²) in [4.78, 5) is 0. The molecule has 1 aliphatic rings. The lowest BCUT2D eigenvalue weighted by atomic mass is 9.88. The number of fused-ring (bicyclic) bond motifs is 1. The Kier molecular flexibility index (Phi) is 2.43. The number of nitrogens with two attached hydrogens (primary N) is 1. The predicted molar refractivity (Wildman–Crippen MR) is 55.6 cm³/mol. The summed E-state index contributed by atoms with van der Waals surface area (Å²) in [6, 6.07) is 0. The molecule has 1 aromatic rings. The van der Waals surface area contributed by atoms with E-state index < -0.39 is 0 Å². The molecule has 1 aliphatic carbocycles. The maximum Gasteiger partial charge on any atom is 0.131 e. The van der Waals surface area contributed by atoms with Crippen LogP contribution in [0, 0.1) is 0 Å². The Bertz CT molecular complexity index is 319. The van der Waals surface area contributed by atoms with Gasteiger partial charge in [0.05, 0.1) is 0 Å². The molecule has 1 atom stereocenters. The van der Waals surface area contributed by atoms with Gasteiger partial charge in [-0.15, -0.1) is 0 Å². The van der Waals surface area contributed by atoms with Crippen LogP contribution in [0.5, 0.6) is 0 Å². The van der Waals surface area contributed by atoms with Gasteiger partial charge in [-0.1, -0.05) is 0 Å². The van der Waals surface area contributed by atoms with Crippen molar-refractivity contribution in [1.29, 1.82) is 0 Å². The van der Waals surface area contributed by atoms with Gasteiger partial charge in [0.2, 0.25) is 0 Å². The topological polar surface area (TPSA) is 43.8 Å². The zero-order chi connectivity index (χ0) is 9.42. The van der Waals surface area contributed by atoms with E-state index in [0.29, 0.717) is 5.92 Å². The van der Waals surface area contributed by atoms with Gasteiger partial charge in [-0.2, -0.15) is 5.10 Å². The van der Waals surface area contributed by atoms with Crippen LogP contribution in [0.2, 0.25) is 0 Å². The molecule has 0 saturated heterocycles. The molecule has 0 fully saturated rings. The van der Waals surface area contributed by atoms with Crippen molar-refractivity contribution >= 4 is 15.9 Å². The van der Waals surface area contributed by atoms with Crippen molar-refractivity contribution in [3.8, 4) is 0 Å². The summed E-state index contributed by atoms with van der Waals surface area (Å²) in [5, 5.41) is 4.37. The molecule has 1 heterocycles. The third kappa shape index (κ3) is 1.42. The predicted octanol–water partition coefficient (Wildman–Crippen LogP) is 1.56. The van der Waals surface area contributed by atoms with E-state index in [1.54, 1.807) is 0 Å². The fourth-order valence-corrected chi connectivity index (χ4v) is 2.82. The lowest BCUT2D eigenvalue weighted by Gasteiger charge is -2.21. The van der Waals surface area contributed by atoms with Crippen LogP contribution in [0.15, 0.2) is 4.60 Å². The largest absolute Gasteiger partial charge is 0.330 e. The molecule has 2 N–H and O–H groups in total. The van der Waals surface area contributed by atoms with Crippen molar-refractivity contribution in [3.05, 3.63) is 15.9 Å². The molecule has 1 aromatic heterocycles. The highest BCUT2D eigenvalue weighted by molar-refractivity contribution is 9.10. The Morgan fingerprint density at radius 1 is 1.69 bits per heavy atom. The maximum atomic E-state index is 5.74. The monoisotopic (exact) mass is 243 g/mol. The molecule has 0 aromatic carbocycles. The van der Waals surface area contributed by atoms with Gasteiger partial charge in [0.15, 0.2) is 0 Å². The highest BCUT2D eigenvalue weighted by Crippen LogP contribution is 2.34. The number of nitrogens with zero attached hydrogens (tertiary/aromatic N) is 2. The first-order chi connectivity index (χ1) is 6.24. The third-order valence-corrected chi connectivity index (χ3v) is 3.43. The second-order valence-corrected chi connectivity index (χ2v) is 4.35. The molecule has 1 unspecified atom stereocenters. The Morgan fingerprint density at radius 3 is 3.15 bits per heavy atom. The van der Waals surface area contributed by atoms with Gasteiger partial charge >= 0.3 is 0 Å². The average molecular weight is 244 g/mol. The number of aromatic nitrogens is 2. The smallest absolute Gasteiger partial charge is 0.131 e. The molecule has 3 nitrogen and oxygen atoms in total. The zero-order valence-corrected chi connectivity index (χ0v) is 9.34. The normalized spacial score (nSPS) is 21.6. The minimum absolute atomic E-state index is 0.507. The highest BCUT2D eigenvalue weighted by atomic mass is 79.9. The third-order valence-electron chi connectivity index (χ3n) is 2.80. The van der Waals surface area contributed by atoms with Crippen molar-refractivity contribution in [2.75, 3.05) is 6.54 Å². The quantitative estimate of drug-likeness (QED) is 0.814. The van der Waals surface area contributed by atoms with Crippen molar-refractivity contribution in [2.24, 2.45) is 12.8 Å². The molecule has 0 saturated carbocycles. The van der Waals surface area contributed by atoms with Crippen LogP contribution in [0.1, 0.15) is 30.0 Å². The lowest BCUT2D eigenvalue weighted by molar-refractivity contribution is 0.520. The van der Waals surface area contributed by atoms with E-state index in [2.05, 4.69) is 21.0 Å². The molecule has 0 bridgehead atoms. The van der Waals surface area contributed by atoms with Gasteiger partial charge in [-0.3, -0.25) is 4.68 Å². The molecule has 0 radical (unpaired) electrons. The molecular weight excluding hydrogens is 230 g/mol. The molecular formula is C9H14BrN3. The Balaban J connectivity index is 2.48. The number of halogens is 1. The summed E-state index contributed by atoms with van der Waals surface area (Å²) in [6.45, 7) is 0.735.